The number of hydrogen-bond acceptors (Lipinski definition) is 5. The average Bonchev–Trinajstić information content (AvgIpc) is 2.36. The smallest absolute Gasteiger partial charge is 0.274 e. The van der Waals surface area contributed by atoms with Crippen molar-refractivity contribution in [3.05, 3.63) is 34.1 Å². The quantitative estimate of drug-likeness (QED) is 0.675. The predicted molar refractivity (Wildman–Crippen MR) is 71.3 cm³/mol. The van der Waals surface area contributed by atoms with Crippen molar-refractivity contribution in [2.75, 3.05) is 24.6 Å². The van der Waals surface area contributed by atoms with E-state index in [1.165, 1.54) is 12.1 Å². The fourth-order valence-corrected chi connectivity index (χ4v) is 2.43. The lowest BCUT2D eigenvalue weighted by molar-refractivity contribution is -0.385. The third-order valence-electron chi connectivity index (χ3n) is 3.13. The van der Waals surface area contributed by atoms with E-state index in [-0.39, 0.29) is 12.3 Å². The minimum Gasteiger partial charge on any atom is -0.394 e. The number of hydrogen-bond donors (Lipinski definition) is 1. The van der Waals surface area contributed by atoms with Crippen molar-refractivity contribution in [2.45, 2.75) is 25.6 Å². The number of halogens is 1. The predicted octanol–water partition coefficient (Wildman–Crippen LogP) is 1.71. The number of non-ortho nitro benzene ring substituents is 1. The molecule has 0 aliphatic carbocycles. The Morgan fingerprint density at radius 3 is 2.85 bits per heavy atom. The standard InChI is InChI=1S/C13H17FN2O4/c1-13(2)8-15(6-12(7-17)20-13)10-3-9(14)4-11(5-10)16(18)19/h3-5,12,17H,6-8H2,1-2H3. The summed E-state index contributed by atoms with van der Waals surface area (Å²) >= 11 is 0. The average molecular weight is 284 g/mol. The first kappa shape index (κ1) is 14.7. The van der Waals surface area contributed by atoms with E-state index in [4.69, 9.17) is 4.74 Å². The van der Waals surface area contributed by atoms with Gasteiger partial charge in [0.25, 0.3) is 5.69 Å². The van der Waals surface area contributed by atoms with Crippen LogP contribution in [0, 0.1) is 15.9 Å². The number of nitro benzene ring substituents is 1. The van der Waals surface area contributed by atoms with Crippen LogP contribution in [0.3, 0.4) is 0 Å². The zero-order chi connectivity index (χ0) is 14.9. The number of aliphatic hydroxyl groups is 1. The molecule has 110 valence electrons. The SMILES string of the molecule is CC1(C)CN(c2cc(F)cc([N+](=O)[O-])c2)CC(CO)O1. The van der Waals surface area contributed by atoms with Gasteiger partial charge in [0.15, 0.2) is 0 Å². The molecule has 2 rings (SSSR count). The van der Waals surface area contributed by atoms with Crippen LogP contribution in [0.2, 0.25) is 0 Å². The first-order valence-electron chi connectivity index (χ1n) is 6.29. The molecule has 7 heteroatoms. The molecule has 6 nitrogen and oxygen atoms in total. The highest BCUT2D eigenvalue weighted by atomic mass is 19.1. The van der Waals surface area contributed by atoms with Gasteiger partial charge in [-0.25, -0.2) is 4.39 Å². The van der Waals surface area contributed by atoms with Gasteiger partial charge >= 0.3 is 0 Å². The molecule has 1 aliphatic rings. The Morgan fingerprint density at radius 2 is 2.25 bits per heavy atom. The maximum absolute atomic E-state index is 13.5. The van der Waals surface area contributed by atoms with Crippen molar-refractivity contribution in [1.29, 1.82) is 0 Å². The molecule has 1 saturated heterocycles. The van der Waals surface area contributed by atoms with Crippen LogP contribution in [0.1, 0.15) is 13.8 Å². The van der Waals surface area contributed by atoms with Gasteiger partial charge < -0.3 is 14.7 Å². The van der Waals surface area contributed by atoms with Gasteiger partial charge in [0, 0.05) is 24.8 Å². The Labute approximate surface area is 115 Å². The topological polar surface area (TPSA) is 75.8 Å². The van der Waals surface area contributed by atoms with Crippen molar-refractivity contribution < 1.29 is 19.2 Å². The molecule has 0 bridgehead atoms. The fourth-order valence-electron chi connectivity index (χ4n) is 2.43. The molecule has 0 aromatic heterocycles. The van der Waals surface area contributed by atoms with E-state index in [1.54, 1.807) is 4.90 Å². The van der Waals surface area contributed by atoms with Gasteiger partial charge in [-0.15, -0.1) is 0 Å². The second kappa shape index (κ2) is 5.34. The number of morpholine rings is 1. The maximum atomic E-state index is 13.5. The summed E-state index contributed by atoms with van der Waals surface area (Å²) in [6, 6.07) is 3.47. The summed E-state index contributed by atoms with van der Waals surface area (Å²) in [4.78, 5) is 12.0. The molecule has 1 atom stereocenters. The van der Waals surface area contributed by atoms with Crippen LogP contribution in [0.25, 0.3) is 0 Å². The summed E-state index contributed by atoms with van der Waals surface area (Å²) < 4.78 is 19.2. The fraction of sp³-hybridized carbons (Fsp3) is 0.538. The number of nitro groups is 1. The number of nitrogens with zero attached hydrogens (tertiary/aromatic N) is 2. The highest BCUT2D eigenvalue weighted by molar-refractivity contribution is 5.54. The zero-order valence-electron chi connectivity index (χ0n) is 11.4. The molecule has 1 heterocycles. The Morgan fingerprint density at radius 1 is 1.55 bits per heavy atom. The summed E-state index contributed by atoms with van der Waals surface area (Å²) in [6.07, 6.45) is -0.402. The highest BCUT2D eigenvalue weighted by Crippen LogP contribution is 2.29. The molecule has 1 aliphatic heterocycles. The molecule has 0 amide bonds. The van der Waals surface area contributed by atoms with Gasteiger partial charge in [-0.2, -0.15) is 0 Å². The Balaban J connectivity index is 2.32. The van der Waals surface area contributed by atoms with Crippen LogP contribution in [0.5, 0.6) is 0 Å². The van der Waals surface area contributed by atoms with E-state index in [2.05, 4.69) is 0 Å². The van der Waals surface area contributed by atoms with E-state index in [9.17, 15) is 19.6 Å². The normalized spacial score (nSPS) is 21.8. The Kier molecular flexibility index (Phi) is 3.92. The summed E-state index contributed by atoms with van der Waals surface area (Å²) in [5.74, 6) is -0.654. The van der Waals surface area contributed by atoms with Crippen LogP contribution in [-0.2, 0) is 4.74 Å². The molecule has 1 unspecified atom stereocenters. The second-order valence-corrected chi connectivity index (χ2v) is 5.49. The lowest BCUT2D eigenvalue weighted by atomic mass is 10.0. The van der Waals surface area contributed by atoms with Crippen LogP contribution < -0.4 is 4.90 Å². The van der Waals surface area contributed by atoms with Crippen LogP contribution in [0.4, 0.5) is 15.8 Å². The highest BCUT2D eigenvalue weighted by Gasteiger charge is 2.33. The number of anilines is 1. The van der Waals surface area contributed by atoms with E-state index >= 15 is 0 Å². The minimum absolute atomic E-state index is 0.155. The molecule has 1 aromatic rings. The van der Waals surface area contributed by atoms with E-state index < -0.39 is 22.4 Å². The van der Waals surface area contributed by atoms with Crippen molar-refractivity contribution >= 4 is 11.4 Å². The summed E-state index contributed by atoms with van der Waals surface area (Å²) in [5, 5.41) is 20.0. The lowest BCUT2D eigenvalue weighted by Crippen LogP contribution is -2.54. The van der Waals surface area contributed by atoms with Gasteiger partial charge in [0.1, 0.15) is 5.82 Å². The molecule has 20 heavy (non-hydrogen) atoms. The molecule has 0 saturated carbocycles. The molecule has 1 fully saturated rings. The molecular weight excluding hydrogens is 267 g/mol. The molecular formula is C13H17FN2O4. The van der Waals surface area contributed by atoms with Crippen molar-refractivity contribution in [2.24, 2.45) is 0 Å². The number of rotatable bonds is 3. The van der Waals surface area contributed by atoms with Crippen LogP contribution >= 0.6 is 0 Å². The van der Waals surface area contributed by atoms with Crippen molar-refractivity contribution in [1.82, 2.24) is 0 Å². The third-order valence-corrected chi connectivity index (χ3v) is 3.13. The van der Waals surface area contributed by atoms with Gasteiger partial charge in [0.05, 0.1) is 29.3 Å². The van der Waals surface area contributed by atoms with E-state index in [1.807, 2.05) is 13.8 Å². The largest absolute Gasteiger partial charge is 0.394 e. The van der Waals surface area contributed by atoms with Crippen LogP contribution in [0.15, 0.2) is 18.2 Å². The first-order chi connectivity index (χ1) is 9.30. The number of benzene rings is 1. The van der Waals surface area contributed by atoms with Gasteiger partial charge in [-0.05, 0) is 19.9 Å². The molecule has 1 aromatic carbocycles. The van der Waals surface area contributed by atoms with E-state index in [0.717, 1.165) is 6.07 Å². The molecule has 0 spiro atoms. The molecule has 0 radical (unpaired) electrons. The number of ether oxygens (including phenoxy) is 1. The van der Waals surface area contributed by atoms with E-state index in [0.29, 0.717) is 18.8 Å². The monoisotopic (exact) mass is 284 g/mol. The zero-order valence-corrected chi connectivity index (χ0v) is 11.4. The summed E-state index contributed by atoms with van der Waals surface area (Å²) in [7, 11) is 0. The van der Waals surface area contributed by atoms with Crippen LogP contribution in [-0.4, -0.2) is 41.4 Å². The third kappa shape index (κ3) is 3.23. The van der Waals surface area contributed by atoms with Gasteiger partial charge in [-0.1, -0.05) is 0 Å². The van der Waals surface area contributed by atoms with Gasteiger partial charge in [0.2, 0.25) is 0 Å². The minimum atomic E-state index is -0.654. The Hall–Kier alpha value is -1.73. The first-order valence-corrected chi connectivity index (χ1v) is 6.29. The second-order valence-electron chi connectivity index (χ2n) is 5.49. The Bertz CT molecular complexity index is 521. The lowest BCUT2D eigenvalue weighted by Gasteiger charge is -2.43. The maximum Gasteiger partial charge on any atom is 0.274 e. The van der Waals surface area contributed by atoms with Gasteiger partial charge in [-0.3, -0.25) is 10.1 Å². The van der Waals surface area contributed by atoms with Crippen molar-refractivity contribution in [3.63, 3.8) is 0 Å². The summed E-state index contributed by atoms with van der Waals surface area (Å²) in [6.45, 7) is 4.38. The van der Waals surface area contributed by atoms with Crippen molar-refractivity contribution in [3.8, 4) is 0 Å². The number of aliphatic hydroxyl groups excluding tert-OH is 1. The summed E-state index contributed by atoms with van der Waals surface area (Å²) in [5.41, 5.74) is -0.386. The molecule has 1 N–H and O–H groups in total.